The lowest BCUT2D eigenvalue weighted by Crippen LogP contribution is -2.38. The quantitative estimate of drug-likeness (QED) is 0.630. The van der Waals surface area contributed by atoms with Gasteiger partial charge in [-0.3, -0.25) is 19.6 Å². The first-order chi connectivity index (χ1) is 13.7. The molecule has 4 rings (SSSR count). The average Bonchev–Trinajstić information content (AvgIpc) is 2.60. The molecular formula is C21H23N3O5. The molecule has 4 N–H and O–H groups in total. The predicted molar refractivity (Wildman–Crippen MR) is 107 cm³/mol. The van der Waals surface area contributed by atoms with Gasteiger partial charge in [-0.2, -0.15) is 0 Å². The van der Waals surface area contributed by atoms with Crippen LogP contribution in [-0.4, -0.2) is 27.5 Å². The number of phenols is 1. The van der Waals surface area contributed by atoms with Crippen LogP contribution in [0.2, 0.25) is 0 Å². The minimum absolute atomic E-state index is 0.0227. The van der Waals surface area contributed by atoms with Gasteiger partial charge in [0.2, 0.25) is 0 Å². The molecule has 2 heterocycles. The van der Waals surface area contributed by atoms with Crippen molar-refractivity contribution in [3.8, 4) is 11.5 Å². The Bertz CT molecular complexity index is 1160. The van der Waals surface area contributed by atoms with E-state index in [1.165, 1.54) is 6.07 Å². The second-order valence-electron chi connectivity index (χ2n) is 8.25. The normalized spacial score (nSPS) is 20.0. The molecule has 8 heteroatoms. The van der Waals surface area contributed by atoms with E-state index in [9.17, 15) is 19.5 Å². The van der Waals surface area contributed by atoms with Gasteiger partial charge in [-0.15, -0.1) is 0 Å². The number of ketones is 1. The lowest BCUT2D eigenvalue weighted by molar-refractivity contribution is -0.118. The Labute approximate surface area is 166 Å². The molecule has 29 heavy (non-hydrogen) atoms. The number of phenolic OH excluding ortho intramolecular Hbond substituents is 1. The molecule has 0 radical (unpaired) electrons. The number of ether oxygens (including phenoxy) is 1. The highest BCUT2D eigenvalue weighted by Gasteiger charge is 2.42. The largest absolute Gasteiger partial charge is 0.504 e. The Morgan fingerprint density at radius 2 is 1.93 bits per heavy atom. The summed E-state index contributed by atoms with van der Waals surface area (Å²) in [6.45, 7) is 6.17. The van der Waals surface area contributed by atoms with Gasteiger partial charge in [-0.05, 0) is 36.5 Å². The predicted octanol–water partition coefficient (Wildman–Crippen LogP) is 2.37. The van der Waals surface area contributed by atoms with Gasteiger partial charge in [0.05, 0.1) is 12.2 Å². The summed E-state index contributed by atoms with van der Waals surface area (Å²) >= 11 is 0. The van der Waals surface area contributed by atoms with Crippen LogP contribution in [0.1, 0.15) is 50.7 Å². The Morgan fingerprint density at radius 1 is 1.17 bits per heavy atom. The minimum Gasteiger partial charge on any atom is -0.504 e. The molecule has 0 bridgehead atoms. The third-order valence-corrected chi connectivity index (χ3v) is 5.37. The Morgan fingerprint density at radius 3 is 2.66 bits per heavy atom. The number of benzene rings is 1. The topological polar surface area (TPSA) is 124 Å². The molecule has 2 aliphatic rings. The maximum absolute atomic E-state index is 13.1. The highest BCUT2D eigenvalue weighted by Crippen LogP contribution is 2.48. The molecular weight excluding hydrogens is 374 g/mol. The number of H-pyrrole nitrogens is 2. The number of carbonyl (C=O) groups excluding carboxylic acids is 1. The van der Waals surface area contributed by atoms with E-state index in [-0.39, 0.29) is 28.3 Å². The molecule has 0 amide bonds. The van der Waals surface area contributed by atoms with E-state index in [0.29, 0.717) is 42.1 Å². The summed E-state index contributed by atoms with van der Waals surface area (Å²) in [5.74, 6) is -0.178. The zero-order valence-corrected chi connectivity index (χ0v) is 16.5. The molecule has 1 aliphatic carbocycles. The van der Waals surface area contributed by atoms with Crippen molar-refractivity contribution >= 4 is 11.6 Å². The van der Waals surface area contributed by atoms with E-state index in [1.807, 2.05) is 13.8 Å². The molecule has 152 valence electrons. The zero-order chi connectivity index (χ0) is 20.9. The highest BCUT2D eigenvalue weighted by atomic mass is 16.5. The van der Waals surface area contributed by atoms with Crippen LogP contribution in [0.5, 0.6) is 11.5 Å². The Balaban J connectivity index is 1.98. The number of hydrogen-bond donors (Lipinski definition) is 4. The molecule has 1 aromatic heterocycles. The third-order valence-electron chi connectivity index (χ3n) is 5.37. The van der Waals surface area contributed by atoms with Crippen LogP contribution in [0.3, 0.4) is 0 Å². The number of carbonyl (C=O) groups is 1. The zero-order valence-electron chi connectivity index (χ0n) is 16.5. The molecule has 0 spiro atoms. The number of fused-ring (bicyclic) bond motifs is 1. The number of hydrogen-bond acceptors (Lipinski definition) is 6. The van der Waals surface area contributed by atoms with Crippen LogP contribution in [0.4, 0.5) is 5.82 Å². The van der Waals surface area contributed by atoms with Gasteiger partial charge in [-0.1, -0.05) is 19.9 Å². The number of anilines is 1. The first kappa shape index (κ1) is 19.0. The second-order valence-corrected chi connectivity index (χ2v) is 8.25. The van der Waals surface area contributed by atoms with Crippen LogP contribution < -0.4 is 21.3 Å². The van der Waals surface area contributed by atoms with Gasteiger partial charge in [0.1, 0.15) is 5.82 Å². The lowest BCUT2D eigenvalue weighted by Gasteiger charge is -2.38. The summed E-state index contributed by atoms with van der Waals surface area (Å²) in [5.41, 5.74) is 0.704. The van der Waals surface area contributed by atoms with Gasteiger partial charge in [0.25, 0.3) is 5.56 Å². The van der Waals surface area contributed by atoms with E-state index >= 15 is 0 Å². The molecule has 2 aromatic rings. The number of rotatable bonds is 3. The molecule has 0 saturated carbocycles. The van der Waals surface area contributed by atoms with E-state index in [2.05, 4.69) is 15.3 Å². The molecule has 0 unspecified atom stereocenters. The molecule has 8 nitrogen and oxygen atoms in total. The fourth-order valence-corrected chi connectivity index (χ4v) is 4.26. The summed E-state index contributed by atoms with van der Waals surface area (Å²) in [5, 5.41) is 13.2. The number of allylic oxidation sites excluding steroid dienone is 2. The van der Waals surface area contributed by atoms with Crippen LogP contribution in [0.15, 0.2) is 39.1 Å². The van der Waals surface area contributed by atoms with Gasteiger partial charge in [0, 0.05) is 23.6 Å². The smallest absolute Gasteiger partial charge is 0.327 e. The number of aromatic nitrogens is 2. The van der Waals surface area contributed by atoms with E-state index in [1.54, 1.807) is 19.1 Å². The first-order valence-corrected chi connectivity index (χ1v) is 9.55. The molecule has 1 atom stereocenters. The molecule has 0 fully saturated rings. The molecule has 1 aliphatic heterocycles. The first-order valence-electron chi connectivity index (χ1n) is 9.55. The Kier molecular flexibility index (Phi) is 4.37. The fraction of sp³-hybridized carbons (Fsp3) is 0.381. The van der Waals surface area contributed by atoms with Crippen molar-refractivity contribution in [2.24, 2.45) is 5.41 Å². The second kappa shape index (κ2) is 6.65. The van der Waals surface area contributed by atoms with Gasteiger partial charge >= 0.3 is 5.69 Å². The lowest BCUT2D eigenvalue weighted by atomic mass is 9.69. The van der Waals surface area contributed by atoms with Crippen molar-refractivity contribution < 1.29 is 14.6 Å². The van der Waals surface area contributed by atoms with E-state index in [0.717, 1.165) is 0 Å². The SMILES string of the molecule is CCOc1cc([C@H]2C3=C(CC(C)(C)CC3=O)Nc3[nH]c(=O)[nH]c(=O)c32)ccc1O. The summed E-state index contributed by atoms with van der Waals surface area (Å²) in [6.07, 6.45) is 0.965. The van der Waals surface area contributed by atoms with Crippen molar-refractivity contribution in [2.45, 2.75) is 39.5 Å². The third kappa shape index (κ3) is 3.24. The maximum Gasteiger partial charge on any atom is 0.327 e. The van der Waals surface area contributed by atoms with Crippen molar-refractivity contribution in [3.63, 3.8) is 0 Å². The summed E-state index contributed by atoms with van der Waals surface area (Å²) < 4.78 is 5.49. The highest BCUT2D eigenvalue weighted by molar-refractivity contribution is 6.01. The Hall–Kier alpha value is -3.29. The monoisotopic (exact) mass is 397 g/mol. The van der Waals surface area contributed by atoms with Crippen LogP contribution in [0.25, 0.3) is 0 Å². The van der Waals surface area contributed by atoms with Crippen LogP contribution in [0, 0.1) is 5.41 Å². The number of aromatic amines is 2. The summed E-state index contributed by atoms with van der Waals surface area (Å²) in [4.78, 5) is 42.6. The van der Waals surface area contributed by atoms with Crippen molar-refractivity contribution in [2.75, 3.05) is 11.9 Å². The molecule has 1 aromatic carbocycles. The number of nitrogens with one attached hydrogen (secondary N) is 3. The van der Waals surface area contributed by atoms with E-state index in [4.69, 9.17) is 4.74 Å². The molecule has 0 saturated heterocycles. The maximum atomic E-state index is 13.1. The minimum atomic E-state index is -0.676. The van der Waals surface area contributed by atoms with Gasteiger partial charge in [0.15, 0.2) is 17.3 Å². The van der Waals surface area contributed by atoms with Gasteiger partial charge in [-0.25, -0.2) is 4.79 Å². The standard InChI is InChI=1S/C21H23N3O5/c1-4-29-14-7-10(5-6-12(14)25)15-16-11(8-21(2,3)9-13(16)26)22-18-17(15)19(27)24-20(28)23-18/h5-7,15,25H,4,8-9H2,1-3H3,(H3,22,23,24,27,28)/t15-/m0/s1. The van der Waals surface area contributed by atoms with Crippen molar-refractivity contribution in [3.05, 3.63) is 61.4 Å². The summed E-state index contributed by atoms with van der Waals surface area (Å²) in [7, 11) is 0. The van der Waals surface area contributed by atoms with Crippen molar-refractivity contribution in [1.82, 2.24) is 9.97 Å². The summed E-state index contributed by atoms with van der Waals surface area (Å²) in [6, 6.07) is 4.79. The van der Waals surface area contributed by atoms with Gasteiger partial charge < -0.3 is 15.2 Å². The number of aromatic hydroxyl groups is 1. The average molecular weight is 397 g/mol. The van der Waals surface area contributed by atoms with Crippen molar-refractivity contribution in [1.29, 1.82) is 0 Å². The van der Waals surface area contributed by atoms with E-state index < -0.39 is 17.2 Å². The van der Waals surface area contributed by atoms with Crippen LogP contribution >= 0.6 is 0 Å². The fourth-order valence-electron chi connectivity index (χ4n) is 4.26. The van der Waals surface area contributed by atoms with Crippen LogP contribution in [-0.2, 0) is 4.79 Å². The number of Topliss-reactive ketones (excluding diaryl/α,β-unsaturated/α-hetero) is 1.